The summed E-state index contributed by atoms with van der Waals surface area (Å²) in [4.78, 5) is 11.5. The van der Waals surface area contributed by atoms with Crippen molar-refractivity contribution in [3.8, 4) is 0 Å². The highest BCUT2D eigenvalue weighted by atomic mass is 16.6. The number of amides is 1. The highest BCUT2D eigenvalue weighted by Crippen LogP contribution is 2.22. The monoisotopic (exact) mass is 295 g/mol. The van der Waals surface area contributed by atoms with E-state index in [4.69, 9.17) is 4.74 Å². The zero-order valence-electron chi connectivity index (χ0n) is 13.3. The minimum atomic E-state index is -1.10. The highest BCUT2D eigenvalue weighted by Gasteiger charge is 2.22. The molecular formula is C16H25NO4. The summed E-state index contributed by atoms with van der Waals surface area (Å²) in [6, 6.07) is 5.66. The number of nitrogens with one attached hydrogen (secondary N) is 1. The third-order valence-electron chi connectivity index (χ3n) is 2.97. The molecule has 0 radical (unpaired) electrons. The van der Waals surface area contributed by atoms with E-state index in [2.05, 4.69) is 5.32 Å². The molecule has 1 aromatic carbocycles. The summed E-state index contributed by atoms with van der Waals surface area (Å²) in [5, 5.41) is 22.7. The second kappa shape index (κ2) is 6.91. The molecule has 0 spiro atoms. The number of rotatable bonds is 4. The minimum Gasteiger partial charge on any atom is -0.444 e. The molecule has 0 heterocycles. The van der Waals surface area contributed by atoms with Crippen molar-refractivity contribution in [2.45, 2.75) is 52.4 Å². The Morgan fingerprint density at radius 1 is 1.29 bits per heavy atom. The molecule has 0 saturated carbocycles. The van der Waals surface area contributed by atoms with Crippen molar-refractivity contribution in [2.75, 3.05) is 6.54 Å². The van der Waals surface area contributed by atoms with Crippen LogP contribution in [0.5, 0.6) is 0 Å². The second-order valence-corrected chi connectivity index (χ2v) is 6.26. The zero-order chi connectivity index (χ0) is 16.2. The minimum absolute atomic E-state index is 0.0799. The molecule has 0 aromatic heterocycles. The van der Waals surface area contributed by atoms with Crippen molar-refractivity contribution in [3.63, 3.8) is 0 Å². The summed E-state index contributed by atoms with van der Waals surface area (Å²) in [6.45, 7) is 8.98. The summed E-state index contributed by atoms with van der Waals surface area (Å²) in [5.41, 5.74) is 1.96. The normalized spacial score (nSPS) is 14.4. The van der Waals surface area contributed by atoms with Gasteiger partial charge in [0.25, 0.3) is 0 Å². The number of aryl methyl sites for hydroxylation is 2. The first-order valence-corrected chi connectivity index (χ1v) is 7.00. The summed E-state index contributed by atoms with van der Waals surface area (Å²) >= 11 is 0. The molecule has 0 bridgehead atoms. The Bertz CT molecular complexity index is 494. The van der Waals surface area contributed by atoms with E-state index in [0.29, 0.717) is 5.56 Å². The predicted octanol–water partition coefficient (Wildman–Crippen LogP) is 2.22. The van der Waals surface area contributed by atoms with E-state index < -0.39 is 23.9 Å². The van der Waals surface area contributed by atoms with Crippen LogP contribution in [0.25, 0.3) is 0 Å². The van der Waals surface area contributed by atoms with E-state index in [1.165, 1.54) is 0 Å². The molecule has 5 heteroatoms. The average molecular weight is 295 g/mol. The lowest BCUT2D eigenvalue weighted by Gasteiger charge is -2.23. The quantitative estimate of drug-likeness (QED) is 0.796. The number of hydrogen-bond donors (Lipinski definition) is 3. The fourth-order valence-electron chi connectivity index (χ4n) is 1.90. The molecule has 0 aliphatic heterocycles. The zero-order valence-corrected chi connectivity index (χ0v) is 13.3. The van der Waals surface area contributed by atoms with Crippen LogP contribution in [-0.4, -0.2) is 34.6 Å². The van der Waals surface area contributed by atoms with E-state index >= 15 is 0 Å². The largest absolute Gasteiger partial charge is 0.444 e. The Morgan fingerprint density at radius 2 is 1.90 bits per heavy atom. The summed E-state index contributed by atoms with van der Waals surface area (Å²) in [6.07, 6.45) is -2.77. The van der Waals surface area contributed by atoms with Crippen LogP contribution < -0.4 is 5.32 Å². The molecule has 2 atom stereocenters. The van der Waals surface area contributed by atoms with Crippen LogP contribution >= 0.6 is 0 Å². The van der Waals surface area contributed by atoms with E-state index in [1.54, 1.807) is 20.8 Å². The van der Waals surface area contributed by atoms with Crippen molar-refractivity contribution >= 4 is 6.09 Å². The number of alkyl carbamates (subject to hydrolysis) is 1. The predicted molar refractivity (Wildman–Crippen MR) is 81.1 cm³/mol. The average Bonchev–Trinajstić information content (AvgIpc) is 2.36. The number of hydrogen-bond acceptors (Lipinski definition) is 4. The van der Waals surface area contributed by atoms with E-state index in [1.807, 2.05) is 32.0 Å². The molecule has 3 N–H and O–H groups in total. The standard InChI is InChI=1S/C16H25NO4/c1-10-6-7-11(2)12(8-10)14(19)13(18)9-17-15(20)21-16(3,4)5/h6-8,13-14,18-19H,9H2,1-5H3,(H,17,20). The Labute approximate surface area is 125 Å². The topological polar surface area (TPSA) is 78.8 Å². The highest BCUT2D eigenvalue weighted by molar-refractivity contribution is 5.67. The van der Waals surface area contributed by atoms with Gasteiger partial charge in [-0.2, -0.15) is 0 Å². The molecule has 1 rings (SSSR count). The van der Waals surface area contributed by atoms with Crippen LogP contribution in [0.3, 0.4) is 0 Å². The fourth-order valence-corrected chi connectivity index (χ4v) is 1.90. The number of aliphatic hydroxyl groups excluding tert-OH is 2. The number of aliphatic hydroxyl groups is 2. The Kier molecular flexibility index (Phi) is 5.75. The van der Waals surface area contributed by atoms with Gasteiger partial charge in [0, 0.05) is 6.54 Å². The number of carbonyl (C=O) groups excluding carboxylic acids is 1. The van der Waals surface area contributed by atoms with Crippen LogP contribution in [0.1, 0.15) is 43.6 Å². The van der Waals surface area contributed by atoms with Crippen molar-refractivity contribution in [2.24, 2.45) is 0 Å². The smallest absolute Gasteiger partial charge is 0.407 e. The molecule has 5 nitrogen and oxygen atoms in total. The van der Waals surface area contributed by atoms with E-state index in [0.717, 1.165) is 11.1 Å². The Morgan fingerprint density at radius 3 is 2.48 bits per heavy atom. The SMILES string of the molecule is Cc1ccc(C)c(C(O)C(O)CNC(=O)OC(C)(C)C)c1. The third kappa shape index (κ3) is 5.73. The van der Waals surface area contributed by atoms with E-state index in [9.17, 15) is 15.0 Å². The first-order chi connectivity index (χ1) is 9.60. The molecule has 0 fully saturated rings. The van der Waals surface area contributed by atoms with Crippen LogP contribution in [0.4, 0.5) is 4.79 Å². The van der Waals surface area contributed by atoms with Gasteiger partial charge in [-0.1, -0.05) is 23.8 Å². The van der Waals surface area contributed by atoms with Crippen molar-refractivity contribution < 1.29 is 19.7 Å². The molecule has 0 aliphatic rings. The lowest BCUT2D eigenvalue weighted by atomic mass is 9.97. The maximum atomic E-state index is 11.5. The molecule has 2 unspecified atom stereocenters. The van der Waals surface area contributed by atoms with Crippen LogP contribution in [0.15, 0.2) is 18.2 Å². The first kappa shape index (κ1) is 17.5. The van der Waals surface area contributed by atoms with Crippen molar-refractivity contribution in [3.05, 3.63) is 34.9 Å². The lowest BCUT2D eigenvalue weighted by molar-refractivity contribution is 0.0126. The molecule has 1 aromatic rings. The van der Waals surface area contributed by atoms with Crippen LogP contribution in [-0.2, 0) is 4.74 Å². The number of ether oxygens (including phenoxy) is 1. The van der Waals surface area contributed by atoms with Gasteiger partial charge in [0.1, 0.15) is 17.8 Å². The van der Waals surface area contributed by atoms with Crippen LogP contribution in [0.2, 0.25) is 0 Å². The summed E-state index contributed by atoms with van der Waals surface area (Å²) in [5.74, 6) is 0. The lowest BCUT2D eigenvalue weighted by Crippen LogP contribution is -2.39. The van der Waals surface area contributed by atoms with Gasteiger partial charge in [-0.15, -0.1) is 0 Å². The maximum absolute atomic E-state index is 11.5. The second-order valence-electron chi connectivity index (χ2n) is 6.26. The van der Waals surface area contributed by atoms with Gasteiger partial charge in [0.15, 0.2) is 0 Å². The van der Waals surface area contributed by atoms with Gasteiger partial charge in [-0.3, -0.25) is 0 Å². The summed E-state index contributed by atoms with van der Waals surface area (Å²) < 4.78 is 5.07. The van der Waals surface area contributed by atoms with Gasteiger partial charge >= 0.3 is 6.09 Å². The number of benzene rings is 1. The Balaban J connectivity index is 2.61. The molecule has 1 amide bonds. The molecular weight excluding hydrogens is 270 g/mol. The van der Waals surface area contributed by atoms with Gasteiger partial charge in [0.05, 0.1) is 0 Å². The maximum Gasteiger partial charge on any atom is 0.407 e. The van der Waals surface area contributed by atoms with Gasteiger partial charge in [-0.25, -0.2) is 4.79 Å². The first-order valence-electron chi connectivity index (χ1n) is 7.00. The molecule has 118 valence electrons. The van der Waals surface area contributed by atoms with Gasteiger partial charge in [0.2, 0.25) is 0 Å². The Hall–Kier alpha value is -1.59. The van der Waals surface area contributed by atoms with Crippen molar-refractivity contribution in [1.82, 2.24) is 5.32 Å². The summed E-state index contributed by atoms with van der Waals surface area (Å²) in [7, 11) is 0. The number of carbonyl (C=O) groups is 1. The van der Waals surface area contributed by atoms with Gasteiger partial charge < -0.3 is 20.3 Å². The van der Waals surface area contributed by atoms with Crippen molar-refractivity contribution in [1.29, 1.82) is 0 Å². The third-order valence-corrected chi connectivity index (χ3v) is 2.97. The molecule has 0 saturated heterocycles. The van der Waals surface area contributed by atoms with Crippen LogP contribution in [0, 0.1) is 13.8 Å². The molecule has 0 aliphatic carbocycles. The van der Waals surface area contributed by atoms with E-state index in [-0.39, 0.29) is 6.54 Å². The van der Waals surface area contributed by atoms with Gasteiger partial charge in [-0.05, 0) is 45.7 Å². The molecule has 21 heavy (non-hydrogen) atoms. The fraction of sp³-hybridized carbons (Fsp3) is 0.562.